The van der Waals surface area contributed by atoms with Gasteiger partial charge in [0.1, 0.15) is 6.61 Å². The smallest absolute Gasteiger partial charge is 0.408 e. The minimum absolute atomic E-state index is 0.0273. The quantitative estimate of drug-likeness (QED) is 0.391. The monoisotopic (exact) mass is 480 g/mol. The molecule has 0 saturated heterocycles. The number of ether oxygens (including phenoxy) is 2. The summed E-state index contributed by atoms with van der Waals surface area (Å²) in [6.07, 6.45) is 0.254. The Morgan fingerprint density at radius 3 is 2.17 bits per heavy atom. The Labute approximate surface area is 202 Å². The molecule has 3 atom stereocenters. The molecule has 9 heteroatoms. The van der Waals surface area contributed by atoms with Crippen molar-refractivity contribution in [1.29, 1.82) is 0 Å². The predicted molar refractivity (Wildman–Crippen MR) is 126 cm³/mol. The number of hydrogen-bond donors (Lipinski definition) is 3. The van der Waals surface area contributed by atoms with Crippen molar-refractivity contribution >= 4 is 23.9 Å². The van der Waals surface area contributed by atoms with Crippen molar-refractivity contribution in [1.82, 2.24) is 10.6 Å². The van der Waals surface area contributed by atoms with Gasteiger partial charge in [-0.15, -0.1) is 0 Å². The maximum Gasteiger partial charge on any atom is 0.408 e. The van der Waals surface area contributed by atoms with Gasteiger partial charge in [-0.05, 0) is 48.4 Å². The number of carbonyl (C=O) groups is 4. The number of aliphatic carboxylic acids is 1. The molecule has 9 nitrogen and oxygen atoms in total. The molecule has 2 aliphatic rings. The molecule has 0 aromatic heterocycles. The number of benzene rings is 2. The third-order valence-electron chi connectivity index (χ3n) is 6.52. The molecule has 3 unspecified atom stereocenters. The number of hydrogen-bond acceptors (Lipinski definition) is 6. The molecule has 0 radical (unpaired) electrons. The van der Waals surface area contributed by atoms with Crippen LogP contribution in [0.5, 0.6) is 0 Å². The van der Waals surface area contributed by atoms with Gasteiger partial charge in [0.05, 0.1) is 12.5 Å². The molecule has 2 amide bonds. The summed E-state index contributed by atoms with van der Waals surface area (Å²) < 4.78 is 10.4. The topological polar surface area (TPSA) is 131 Å². The van der Waals surface area contributed by atoms with Gasteiger partial charge in [-0.1, -0.05) is 48.5 Å². The van der Waals surface area contributed by atoms with Crippen LogP contribution in [-0.2, 0) is 23.9 Å². The number of esters is 1. The first-order valence-corrected chi connectivity index (χ1v) is 11.7. The van der Waals surface area contributed by atoms with Crippen molar-refractivity contribution in [2.75, 3.05) is 13.2 Å². The summed E-state index contributed by atoms with van der Waals surface area (Å²) >= 11 is 0. The highest BCUT2D eigenvalue weighted by atomic mass is 16.6. The third-order valence-corrected chi connectivity index (χ3v) is 6.52. The molecule has 3 N–H and O–H groups in total. The molecule has 1 saturated carbocycles. The minimum atomic E-state index is -1.60. The van der Waals surface area contributed by atoms with Crippen LogP contribution < -0.4 is 10.6 Å². The van der Waals surface area contributed by atoms with Gasteiger partial charge < -0.3 is 19.9 Å². The van der Waals surface area contributed by atoms with Crippen LogP contribution in [0, 0.1) is 5.92 Å². The molecule has 0 spiro atoms. The number of nitrogens with one attached hydrogen (secondary N) is 2. The first kappa shape index (κ1) is 24.3. The standard InChI is InChI=1S/C26H28N2O7/c1-2-34-25(32)22(23(29)27-16-12-11-15(13-16)24(30)31)28-26(33)35-14-21-19-9-5-3-7-17(19)18-8-4-6-10-20(18)21/h3-10,15-16,21-22H,2,11-14H2,1H3,(H,27,29)(H,28,33)(H,30,31). The molecule has 2 aliphatic carbocycles. The average molecular weight is 481 g/mol. The van der Waals surface area contributed by atoms with Crippen LogP contribution in [0.15, 0.2) is 48.5 Å². The van der Waals surface area contributed by atoms with Crippen molar-refractivity contribution in [3.05, 3.63) is 59.7 Å². The van der Waals surface area contributed by atoms with Gasteiger partial charge in [-0.2, -0.15) is 0 Å². The predicted octanol–water partition coefficient (Wildman–Crippen LogP) is 2.83. The molecular weight excluding hydrogens is 452 g/mol. The summed E-state index contributed by atoms with van der Waals surface area (Å²) in [5.41, 5.74) is 4.24. The Morgan fingerprint density at radius 1 is 0.971 bits per heavy atom. The lowest BCUT2D eigenvalue weighted by atomic mass is 9.98. The summed E-state index contributed by atoms with van der Waals surface area (Å²) in [5, 5.41) is 14.1. The molecule has 2 aromatic rings. The Kier molecular flexibility index (Phi) is 7.33. The maximum atomic E-state index is 12.8. The maximum absolute atomic E-state index is 12.8. The number of carbonyl (C=O) groups excluding carboxylic acids is 3. The Morgan fingerprint density at radius 2 is 1.60 bits per heavy atom. The zero-order chi connectivity index (χ0) is 24.9. The van der Waals surface area contributed by atoms with Crippen molar-refractivity contribution in [3.63, 3.8) is 0 Å². The molecule has 4 rings (SSSR count). The summed E-state index contributed by atoms with van der Waals surface area (Å²) in [6, 6.07) is 13.8. The van der Waals surface area contributed by atoms with Gasteiger partial charge in [0.15, 0.2) is 0 Å². The summed E-state index contributed by atoms with van der Waals surface area (Å²) in [4.78, 5) is 49.0. The third kappa shape index (κ3) is 5.29. The Bertz CT molecular complexity index is 1090. The summed E-state index contributed by atoms with van der Waals surface area (Å²) in [5.74, 6) is -3.30. The molecular formula is C26H28N2O7. The van der Waals surface area contributed by atoms with E-state index >= 15 is 0 Å². The SMILES string of the molecule is CCOC(=O)C(NC(=O)OCC1c2ccccc2-c2ccccc21)C(=O)NC1CCC(C(=O)O)C1. The number of rotatable bonds is 8. The Hall–Kier alpha value is -3.88. The molecule has 0 heterocycles. The molecule has 1 fully saturated rings. The van der Waals surface area contributed by atoms with Crippen LogP contribution >= 0.6 is 0 Å². The van der Waals surface area contributed by atoms with E-state index in [1.54, 1.807) is 6.92 Å². The molecule has 35 heavy (non-hydrogen) atoms. The zero-order valence-electron chi connectivity index (χ0n) is 19.4. The van der Waals surface area contributed by atoms with E-state index in [0.29, 0.717) is 12.8 Å². The first-order valence-electron chi connectivity index (χ1n) is 11.7. The summed E-state index contributed by atoms with van der Waals surface area (Å²) in [6.45, 7) is 1.65. The van der Waals surface area contributed by atoms with Crippen LogP contribution in [0.3, 0.4) is 0 Å². The van der Waals surface area contributed by atoms with Crippen molar-refractivity contribution in [3.8, 4) is 11.1 Å². The highest BCUT2D eigenvalue weighted by Crippen LogP contribution is 2.44. The second-order valence-corrected chi connectivity index (χ2v) is 8.71. The van der Waals surface area contributed by atoms with Gasteiger partial charge in [0, 0.05) is 12.0 Å². The zero-order valence-corrected chi connectivity index (χ0v) is 19.4. The lowest BCUT2D eigenvalue weighted by Gasteiger charge is -2.20. The largest absolute Gasteiger partial charge is 0.481 e. The number of alkyl carbamates (subject to hydrolysis) is 1. The fourth-order valence-corrected chi connectivity index (χ4v) is 4.84. The van der Waals surface area contributed by atoms with Crippen molar-refractivity contribution in [2.45, 2.75) is 44.2 Å². The van der Waals surface area contributed by atoms with E-state index in [4.69, 9.17) is 14.6 Å². The number of fused-ring (bicyclic) bond motifs is 3. The van der Waals surface area contributed by atoms with Gasteiger partial charge in [0.2, 0.25) is 6.04 Å². The fraction of sp³-hybridized carbons (Fsp3) is 0.385. The van der Waals surface area contributed by atoms with Crippen LogP contribution in [-0.4, -0.2) is 54.3 Å². The summed E-state index contributed by atoms with van der Waals surface area (Å²) in [7, 11) is 0. The van der Waals surface area contributed by atoms with Crippen molar-refractivity contribution < 1.29 is 33.8 Å². The van der Waals surface area contributed by atoms with E-state index in [9.17, 15) is 19.2 Å². The minimum Gasteiger partial charge on any atom is -0.481 e. The van der Waals surface area contributed by atoms with Crippen LogP contribution in [0.4, 0.5) is 4.79 Å². The van der Waals surface area contributed by atoms with Gasteiger partial charge >= 0.3 is 18.0 Å². The van der Waals surface area contributed by atoms with Gasteiger partial charge in [-0.3, -0.25) is 14.9 Å². The number of carboxylic acids is 1. The van der Waals surface area contributed by atoms with Gasteiger partial charge in [-0.25, -0.2) is 9.59 Å². The van der Waals surface area contributed by atoms with Crippen LogP contribution in [0.25, 0.3) is 11.1 Å². The molecule has 184 valence electrons. The normalized spacial score (nSPS) is 19.2. The van der Waals surface area contributed by atoms with E-state index in [-0.39, 0.29) is 25.6 Å². The second-order valence-electron chi connectivity index (χ2n) is 8.71. The highest BCUT2D eigenvalue weighted by Gasteiger charge is 2.36. The fourth-order valence-electron chi connectivity index (χ4n) is 4.84. The van der Waals surface area contributed by atoms with E-state index in [1.165, 1.54) is 0 Å². The van der Waals surface area contributed by atoms with Gasteiger partial charge in [0.25, 0.3) is 5.91 Å². The lowest BCUT2D eigenvalue weighted by molar-refractivity contribution is -0.149. The molecule has 0 aliphatic heterocycles. The first-order chi connectivity index (χ1) is 16.9. The van der Waals surface area contributed by atoms with Crippen LogP contribution in [0.1, 0.15) is 43.2 Å². The number of carboxylic acid groups (broad SMARTS) is 1. The van der Waals surface area contributed by atoms with E-state index < -0.39 is 41.9 Å². The number of amides is 2. The van der Waals surface area contributed by atoms with Crippen molar-refractivity contribution in [2.24, 2.45) is 5.92 Å². The lowest BCUT2D eigenvalue weighted by Crippen LogP contribution is -2.54. The van der Waals surface area contributed by atoms with Crippen LogP contribution in [0.2, 0.25) is 0 Å². The van der Waals surface area contributed by atoms with E-state index in [1.807, 2.05) is 48.5 Å². The average Bonchev–Trinajstić information content (AvgIpc) is 3.44. The second kappa shape index (κ2) is 10.6. The molecule has 2 aromatic carbocycles. The Balaban J connectivity index is 1.40. The molecule has 0 bridgehead atoms. The van der Waals surface area contributed by atoms with E-state index in [0.717, 1.165) is 22.3 Å². The highest BCUT2D eigenvalue weighted by molar-refractivity contribution is 6.04. The van der Waals surface area contributed by atoms with E-state index in [2.05, 4.69) is 10.6 Å².